The summed E-state index contributed by atoms with van der Waals surface area (Å²) in [6, 6.07) is 12.1. The summed E-state index contributed by atoms with van der Waals surface area (Å²) in [5.41, 5.74) is 1.90. The normalized spacial score (nSPS) is 12.4. The average Bonchev–Trinajstić information content (AvgIpc) is 2.67. The van der Waals surface area contributed by atoms with Crippen LogP contribution in [0.25, 0.3) is 0 Å². The van der Waals surface area contributed by atoms with Gasteiger partial charge < -0.3 is 19.3 Å². The molecule has 1 N–H and O–H groups in total. The minimum absolute atomic E-state index is 0.0543. The van der Waals surface area contributed by atoms with Crippen LogP contribution < -0.4 is 9.47 Å². The standard InChI is InChI=1S/C22H30FNO4/c1-16(2)28-15-20(25)14-24(12-17-8-10-19(23)11-9-17)13-18-6-5-7-21(26-3)22(18)27-4/h5-11,16,20,25H,12-15H2,1-4H3/t20-/m1/s1. The molecule has 0 unspecified atom stereocenters. The number of hydrogen-bond acceptors (Lipinski definition) is 5. The number of benzene rings is 2. The Morgan fingerprint density at radius 2 is 1.71 bits per heavy atom. The first kappa shape index (κ1) is 22.1. The maximum absolute atomic E-state index is 13.2. The van der Waals surface area contributed by atoms with Crippen LogP contribution in [0.2, 0.25) is 0 Å². The van der Waals surface area contributed by atoms with Gasteiger partial charge >= 0.3 is 0 Å². The zero-order chi connectivity index (χ0) is 20.5. The van der Waals surface area contributed by atoms with E-state index in [1.807, 2.05) is 32.0 Å². The molecule has 0 spiro atoms. The van der Waals surface area contributed by atoms with Crippen LogP contribution in [0, 0.1) is 5.82 Å². The van der Waals surface area contributed by atoms with E-state index in [9.17, 15) is 9.50 Å². The smallest absolute Gasteiger partial charge is 0.165 e. The summed E-state index contributed by atoms with van der Waals surface area (Å²) in [5, 5.41) is 10.4. The minimum Gasteiger partial charge on any atom is -0.493 e. The van der Waals surface area contributed by atoms with Crippen molar-refractivity contribution in [2.75, 3.05) is 27.4 Å². The van der Waals surface area contributed by atoms with Gasteiger partial charge in [0.15, 0.2) is 11.5 Å². The first-order valence-corrected chi connectivity index (χ1v) is 9.39. The van der Waals surface area contributed by atoms with Gasteiger partial charge in [0.25, 0.3) is 0 Å². The van der Waals surface area contributed by atoms with Crippen LogP contribution in [0.3, 0.4) is 0 Å². The predicted molar refractivity (Wildman–Crippen MR) is 107 cm³/mol. The molecule has 0 aliphatic carbocycles. The molecule has 2 aromatic rings. The fraction of sp³-hybridized carbons (Fsp3) is 0.455. The van der Waals surface area contributed by atoms with Crippen molar-refractivity contribution in [3.63, 3.8) is 0 Å². The molecule has 0 amide bonds. The van der Waals surface area contributed by atoms with Crippen LogP contribution >= 0.6 is 0 Å². The number of methoxy groups -OCH3 is 2. The Bertz CT molecular complexity index is 721. The fourth-order valence-electron chi connectivity index (χ4n) is 3.01. The van der Waals surface area contributed by atoms with Crippen LogP contribution in [0.15, 0.2) is 42.5 Å². The molecule has 6 heteroatoms. The number of para-hydroxylation sites is 1. The number of aliphatic hydroxyl groups is 1. The molecule has 0 aliphatic heterocycles. The molecule has 0 radical (unpaired) electrons. The first-order valence-electron chi connectivity index (χ1n) is 9.39. The van der Waals surface area contributed by atoms with Crippen molar-refractivity contribution >= 4 is 0 Å². The molecule has 154 valence electrons. The molecule has 0 bridgehead atoms. The van der Waals surface area contributed by atoms with E-state index in [-0.39, 0.29) is 18.5 Å². The molecular formula is C22H30FNO4. The van der Waals surface area contributed by atoms with Crippen LogP contribution in [-0.2, 0) is 17.8 Å². The topological polar surface area (TPSA) is 51.2 Å². The highest BCUT2D eigenvalue weighted by molar-refractivity contribution is 5.46. The molecular weight excluding hydrogens is 361 g/mol. The zero-order valence-corrected chi connectivity index (χ0v) is 17.0. The van der Waals surface area contributed by atoms with Gasteiger partial charge in [0.05, 0.1) is 33.0 Å². The van der Waals surface area contributed by atoms with E-state index >= 15 is 0 Å². The second kappa shape index (κ2) is 11.0. The van der Waals surface area contributed by atoms with Gasteiger partial charge in [0.2, 0.25) is 0 Å². The van der Waals surface area contributed by atoms with Gasteiger partial charge in [-0.25, -0.2) is 4.39 Å². The molecule has 28 heavy (non-hydrogen) atoms. The van der Waals surface area contributed by atoms with Crippen LogP contribution in [0.4, 0.5) is 4.39 Å². The van der Waals surface area contributed by atoms with E-state index < -0.39 is 6.10 Å². The lowest BCUT2D eigenvalue weighted by atomic mass is 10.1. The SMILES string of the molecule is COc1cccc(CN(Cc2ccc(F)cc2)C[C@@H](O)COC(C)C)c1OC. The lowest BCUT2D eigenvalue weighted by Crippen LogP contribution is -2.35. The van der Waals surface area contributed by atoms with Crippen molar-refractivity contribution in [3.05, 3.63) is 59.4 Å². The molecule has 0 heterocycles. The highest BCUT2D eigenvalue weighted by atomic mass is 19.1. The number of nitrogens with zero attached hydrogens (tertiary/aromatic N) is 1. The van der Waals surface area contributed by atoms with Gasteiger partial charge in [-0.2, -0.15) is 0 Å². The highest BCUT2D eigenvalue weighted by Crippen LogP contribution is 2.31. The van der Waals surface area contributed by atoms with E-state index in [0.29, 0.717) is 31.1 Å². The molecule has 2 rings (SSSR count). The van der Waals surface area contributed by atoms with Crippen molar-refractivity contribution in [1.29, 1.82) is 0 Å². The molecule has 1 atom stereocenters. The summed E-state index contributed by atoms with van der Waals surface area (Å²) < 4.78 is 29.7. The summed E-state index contributed by atoms with van der Waals surface area (Å²) in [4.78, 5) is 2.08. The Morgan fingerprint density at radius 3 is 2.32 bits per heavy atom. The number of rotatable bonds is 11. The third-order valence-corrected chi connectivity index (χ3v) is 4.29. The molecule has 0 aliphatic rings. The third kappa shape index (κ3) is 6.78. The minimum atomic E-state index is -0.639. The second-order valence-corrected chi connectivity index (χ2v) is 6.98. The zero-order valence-electron chi connectivity index (χ0n) is 17.0. The van der Waals surface area contributed by atoms with Crippen LogP contribution in [-0.4, -0.2) is 49.6 Å². The van der Waals surface area contributed by atoms with Crippen molar-refractivity contribution in [3.8, 4) is 11.5 Å². The van der Waals surface area contributed by atoms with E-state index in [4.69, 9.17) is 14.2 Å². The largest absolute Gasteiger partial charge is 0.493 e. The summed E-state index contributed by atoms with van der Waals surface area (Å²) in [7, 11) is 3.21. The molecule has 0 aromatic heterocycles. The van der Waals surface area contributed by atoms with Crippen LogP contribution in [0.1, 0.15) is 25.0 Å². The fourth-order valence-corrected chi connectivity index (χ4v) is 3.01. The number of halogens is 1. The monoisotopic (exact) mass is 391 g/mol. The number of ether oxygens (including phenoxy) is 3. The maximum Gasteiger partial charge on any atom is 0.165 e. The number of aliphatic hydroxyl groups excluding tert-OH is 1. The predicted octanol–water partition coefficient (Wildman–Crippen LogP) is 3.63. The van der Waals surface area contributed by atoms with E-state index in [1.54, 1.807) is 26.4 Å². The highest BCUT2D eigenvalue weighted by Gasteiger charge is 2.17. The van der Waals surface area contributed by atoms with Gasteiger partial charge in [-0.05, 0) is 37.6 Å². The van der Waals surface area contributed by atoms with Gasteiger partial charge in [0.1, 0.15) is 5.82 Å². The summed E-state index contributed by atoms with van der Waals surface area (Å²) >= 11 is 0. The van der Waals surface area contributed by atoms with Crippen molar-refractivity contribution in [1.82, 2.24) is 4.90 Å². The molecule has 0 saturated carbocycles. The third-order valence-electron chi connectivity index (χ3n) is 4.29. The summed E-state index contributed by atoms with van der Waals surface area (Å²) in [6.45, 7) is 5.63. The van der Waals surface area contributed by atoms with Crippen LogP contribution in [0.5, 0.6) is 11.5 Å². The Balaban J connectivity index is 2.18. The van der Waals surface area contributed by atoms with E-state index in [2.05, 4.69) is 4.90 Å². The lowest BCUT2D eigenvalue weighted by molar-refractivity contribution is -0.0107. The number of hydrogen-bond donors (Lipinski definition) is 1. The maximum atomic E-state index is 13.2. The average molecular weight is 391 g/mol. The quantitative estimate of drug-likeness (QED) is 0.634. The van der Waals surface area contributed by atoms with Crippen molar-refractivity contribution < 1.29 is 23.7 Å². The van der Waals surface area contributed by atoms with E-state index in [1.165, 1.54) is 12.1 Å². The van der Waals surface area contributed by atoms with E-state index in [0.717, 1.165) is 11.1 Å². The Kier molecular flexibility index (Phi) is 8.70. The molecule has 5 nitrogen and oxygen atoms in total. The second-order valence-electron chi connectivity index (χ2n) is 6.98. The molecule has 0 fully saturated rings. The molecule has 0 saturated heterocycles. The Labute approximate surface area is 166 Å². The van der Waals surface area contributed by atoms with Gasteiger partial charge in [0, 0.05) is 25.2 Å². The van der Waals surface area contributed by atoms with Gasteiger partial charge in [-0.1, -0.05) is 24.3 Å². The Hall–Kier alpha value is -2.15. The summed E-state index contributed by atoms with van der Waals surface area (Å²) in [5.74, 6) is 1.06. The van der Waals surface area contributed by atoms with Crippen molar-refractivity contribution in [2.24, 2.45) is 0 Å². The molecule has 2 aromatic carbocycles. The van der Waals surface area contributed by atoms with Gasteiger partial charge in [-0.15, -0.1) is 0 Å². The lowest BCUT2D eigenvalue weighted by Gasteiger charge is -2.26. The van der Waals surface area contributed by atoms with Crippen molar-refractivity contribution in [2.45, 2.75) is 39.1 Å². The first-order chi connectivity index (χ1) is 13.4. The summed E-state index contributed by atoms with van der Waals surface area (Å²) in [6.07, 6.45) is -0.585. The Morgan fingerprint density at radius 1 is 1.00 bits per heavy atom. The van der Waals surface area contributed by atoms with Gasteiger partial charge in [-0.3, -0.25) is 4.90 Å².